The number of aryl methyl sites for hydroxylation is 1. The second-order valence-corrected chi connectivity index (χ2v) is 11.6. The normalized spacial score (nSPS) is 20.6. The summed E-state index contributed by atoms with van der Waals surface area (Å²) in [5, 5.41) is 3.05. The second kappa shape index (κ2) is 9.40. The quantitative estimate of drug-likeness (QED) is 0.373. The Morgan fingerprint density at radius 3 is 2.79 bits per heavy atom. The Labute approximate surface area is 224 Å². The Morgan fingerprint density at radius 2 is 2.00 bits per heavy atom. The van der Waals surface area contributed by atoms with Crippen LogP contribution in [0.5, 0.6) is 0 Å². The molecule has 2 amide bonds. The van der Waals surface area contributed by atoms with Crippen molar-refractivity contribution < 1.29 is 9.59 Å². The number of pyridine rings is 1. The number of likely N-dealkylation sites (tertiary alicyclic amines) is 1. The number of carbonyl (C=O) groups excluding carboxylic acids is 2. The zero-order valence-corrected chi connectivity index (χ0v) is 22.0. The topological polar surface area (TPSA) is 89.2 Å². The molecule has 8 nitrogen and oxygen atoms in total. The molecule has 1 aliphatic carbocycles. The average Bonchev–Trinajstić information content (AvgIpc) is 3.63. The van der Waals surface area contributed by atoms with Crippen LogP contribution in [0, 0.1) is 11.3 Å². The van der Waals surface area contributed by atoms with Crippen LogP contribution in [0.1, 0.15) is 28.9 Å². The van der Waals surface area contributed by atoms with Crippen LogP contribution in [0.2, 0.25) is 0 Å². The van der Waals surface area contributed by atoms with Gasteiger partial charge in [0.2, 0.25) is 17.4 Å². The highest BCUT2D eigenvalue weighted by molar-refractivity contribution is 7.17. The zero-order chi connectivity index (χ0) is 26.4. The summed E-state index contributed by atoms with van der Waals surface area (Å²) in [4.78, 5) is 45.2. The van der Waals surface area contributed by atoms with Gasteiger partial charge in [-0.1, -0.05) is 18.7 Å². The van der Waals surface area contributed by atoms with Crippen molar-refractivity contribution in [3.05, 3.63) is 82.6 Å². The van der Waals surface area contributed by atoms with Crippen LogP contribution < -0.4 is 10.9 Å². The summed E-state index contributed by atoms with van der Waals surface area (Å²) in [5.41, 5.74) is 2.86. The van der Waals surface area contributed by atoms with Gasteiger partial charge in [0.1, 0.15) is 0 Å². The van der Waals surface area contributed by atoms with Gasteiger partial charge in [-0.3, -0.25) is 19.7 Å². The Kier molecular flexibility index (Phi) is 6.03. The minimum absolute atomic E-state index is 0.0176. The maximum Gasteiger partial charge on any atom is 0.268 e. The zero-order valence-electron chi connectivity index (χ0n) is 21.2. The maximum absolute atomic E-state index is 13.3. The molecule has 0 unspecified atom stereocenters. The smallest absolute Gasteiger partial charge is 0.268 e. The van der Waals surface area contributed by atoms with Gasteiger partial charge >= 0.3 is 0 Å². The van der Waals surface area contributed by atoms with Crippen molar-refractivity contribution in [2.75, 3.05) is 18.4 Å². The number of nitrogens with zero attached hydrogens (tertiary/aromatic N) is 4. The first-order valence-electron chi connectivity index (χ1n) is 12.8. The molecule has 0 bridgehead atoms. The van der Waals surface area contributed by atoms with Crippen molar-refractivity contribution >= 4 is 40.1 Å². The largest absolute Gasteiger partial charge is 0.339 e. The molecule has 1 saturated carbocycles. The van der Waals surface area contributed by atoms with Gasteiger partial charge in [0, 0.05) is 49.4 Å². The van der Waals surface area contributed by atoms with Gasteiger partial charge in [0.05, 0.1) is 15.9 Å². The number of amides is 2. The molecular formula is C29H29N5O3S. The van der Waals surface area contributed by atoms with Crippen LogP contribution in [-0.4, -0.2) is 43.9 Å². The number of imidazole rings is 1. The number of para-hydroxylation sites is 2. The van der Waals surface area contributed by atoms with E-state index in [2.05, 4.69) is 16.5 Å². The first-order valence-corrected chi connectivity index (χ1v) is 13.6. The summed E-state index contributed by atoms with van der Waals surface area (Å²) in [5.74, 6) is 0.815. The Morgan fingerprint density at radius 1 is 1.18 bits per heavy atom. The van der Waals surface area contributed by atoms with E-state index in [4.69, 9.17) is 4.98 Å². The van der Waals surface area contributed by atoms with Crippen LogP contribution in [0.4, 0.5) is 5.95 Å². The van der Waals surface area contributed by atoms with E-state index in [-0.39, 0.29) is 22.8 Å². The van der Waals surface area contributed by atoms with Crippen molar-refractivity contribution in [2.45, 2.75) is 25.8 Å². The third-order valence-corrected chi connectivity index (χ3v) is 9.02. The molecule has 4 heterocycles. The number of thiophene rings is 1. The number of fused-ring (bicyclic) bond motifs is 1. The lowest BCUT2D eigenvalue weighted by Gasteiger charge is -2.45. The number of nitrogens with one attached hydrogen (secondary N) is 1. The van der Waals surface area contributed by atoms with E-state index in [1.165, 1.54) is 28.0 Å². The van der Waals surface area contributed by atoms with E-state index in [0.29, 0.717) is 16.7 Å². The lowest BCUT2D eigenvalue weighted by atomic mass is 9.61. The Bertz CT molecular complexity index is 1620. The summed E-state index contributed by atoms with van der Waals surface area (Å²) >= 11 is 1.38. The van der Waals surface area contributed by atoms with Crippen molar-refractivity contribution in [2.24, 2.45) is 18.4 Å². The summed E-state index contributed by atoms with van der Waals surface area (Å²) in [7, 11) is 1.71. The van der Waals surface area contributed by atoms with Crippen molar-refractivity contribution in [1.29, 1.82) is 0 Å². The van der Waals surface area contributed by atoms with Gasteiger partial charge in [0.15, 0.2) is 0 Å². The fourth-order valence-electron chi connectivity index (χ4n) is 6.01. The molecule has 4 aromatic rings. The molecule has 2 fully saturated rings. The Balaban J connectivity index is 1.19. The van der Waals surface area contributed by atoms with E-state index in [9.17, 15) is 14.4 Å². The van der Waals surface area contributed by atoms with Gasteiger partial charge in [-0.2, -0.15) is 0 Å². The predicted octanol–water partition coefficient (Wildman–Crippen LogP) is 4.53. The number of carbonyl (C=O) groups is 2. The number of benzene rings is 1. The van der Waals surface area contributed by atoms with Gasteiger partial charge in [-0.15, -0.1) is 11.3 Å². The van der Waals surface area contributed by atoms with E-state index < -0.39 is 0 Å². The number of anilines is 1. The van der Waals surface area contributed by atoms with E-state index in [1.54, 1.807) is 25.4 Å². The summed E-state index contributed by atoms with van der Waals surface area (Å²) in [6.07, 6.45) is 6.33. The molecule has 3 aromatic heterocycles. The summed E-state index contributed by atoms with van der Waals surface area (Å²) < 4.78 is 3.65. The highest BCUT2D eigenvalue weighted by atomic mass is 32.1. The number of hydrogen-bond donors (Lipinski definition) is 1. The fraction of sp³-hybridized carbons (Fsp3) is 0.310. The van der Waals surface area contributed by atoms with Gasteiger partial charge in [-0.05, 0) is 67.0 Å². The molecule has 6 rings (SSSR count). The number of rotatable bonds is 6. The molecule has 38 heavy (non-hydrogen) atoms. The van der Waals surface area contributed by atoms with Gasteiger partial charge in [-0.25, -0.2) is 4.98 Å². The molecule has 0 radical (unpaired) electrons. The Hall–Kier alpha value is -3.98. The van der Waals surface area contributed by atoms with Crippen molar-refractivity contribution in [3.63, 3.8) is 0 Å². The van der Waals surface area contributed by atoms with E-state index >= 15 is 0 Å². The van der Waals surface area contributed by atoms with Crippen LogP contribution in [0.3, 0.4) is 0 Å². The molecule has 1 saturated heterocycles. The third kappa shape index (κ3) is 4.36. The van der Waals surface area contributed by atoms with Crippen LogP contribution in [0.25, 0.3) is 21.5 Å². The van der Waals surface area contributed by atoms with Crippen molar-refractivity contribution in [1.82, 2.24) is 19.0 Å². The van der Waals surface area contributed by atoms with Crippen LogP contribution in [-0.2, 0) is 18.4 Å². The monoisotopic (exact) mass is 527 g/mol. The number of aromatic nitrogens is 3. The first-order chi connectivity index (χ1) is 18.3. The van der Waals surface area contributed by atoms with Crippen LogP contribution in [0.15, 0.2) is 72.2 Å². The molecule has 0 atom stereocenters. The lowest BCUT2D eigenvalue weighted by molar-refractivity contribution is -0.125. The van der Waals surface area contributed by atoms with Gasteiger partial charge < -0.3 is 14.0 Å². The molecule has 194 valence electrons. The predicted molar refractivity (Wildman–Crippen MR) is 149 cm³/mol. The maximum atomic E-state index is 13.3. The molecular weight excluding hydrogens is 498 g/mol. The highest BCUT2D eigenvalue weighted by Gasteiger charge is 2.49. The molecule has 1 N–H and O–H groups in total. The van der Waals surface area contributed by atoms with Crippen molar-refractivity contribution in [3.8, 4) is 10.4 Å². The second-order valence-electron chi connectivity index (χ2n) is 10.5. The molecule has 1 aromatic carbocycles. The third-order valence-electron chi connectivity index (χ3n) is 7.89. The average molecular weight is 528 g/mol. The molecule has 1 spiro atoms. The van der Waals surface area contributed by atoms with Gasteiger partial charge in [0.25, 0.3) is 5.91 Å². The SMILES string of the molecule is C=CC(=O)N1CCC2(CC(Cn3c(NC(=O)c4ccc(-c5ccc(=O)n(C)c5)s4)nc4ccccc43)C2)C1. The molecule has 2 aliphatic rings. The van der Waals surface area contributed by atoms with Crippen LogP contribution >= 0.6 is 11.3 Å². The van der Waals surface area contributed by atoms with E-state index in [1.807, 2.05) is 35.2 Å². The van der Waals surface area contributed by atoms with E-state index in [0.717, 1.165) is 60.4 Å². The number of hydrogen-bond acceptors (Lipinski definition) is 5. The summed E-state index contributed by atoms with van der Waals surface area (Å²) in [6.45, 7) is 5.99. The fourth-order valence-corrected chi connectivity index (χ4v) is 6.90. The first kappa shape index (κ1) is 24.4. The standard InChI is InChI=1S/C29H29N5O3S/c1-3-25(35)33-13-12-29(18-33)14-19(15-29)16-34-22-7-5-4-6-21(22)30-28(34)31-27(37)24-10-9-23(38-24)20-8-11-26(36)32(2)17-20/h3-11,17,19H,1,12-16,18H2,2H3,(H,30,31,37). The molecule has 9 heteroatoms. The summed E-state index contributed by atoms with van der Waals surface area (Å²) in [6, 6.07) is 14.9. The molecule has 1 aliphatic heterocycles. The minimum atomic E-state index is -0.206. The minimum Gasteiger partial charge on any atom is -0.339 e. The lowest BCUT2D eigenvalue weighted by Crippen LogP contribution is -2.42. The highest BCUT2D eigenvalue weighted by Crippen LogP contribution is 2.52.